The van der Waals surface area contributed by atoms with Gasteiger partial charge in [-0.3, -0.25) is 9.20 Å². The van der Waals surface area contributed by atoms with Gasteiger partial charge >= 0.3 is 0 Å². The van der Waals surface area contributed by atoms with Gasteiger partial charge in [-0.05, 0) is 30.5 Å². The van der Waals surface area contributed by atoms with Crippen LogP contribution in [0.1, 0.15) is 42.8 Å². The summed E-state index contributed by atoms with van der Waals surface area (Å²) in [5.74, 6) is 0.691. The summed E-state index contributed by atoms with van der Waals surface area (Å²) in [7, 11) is 0. The van der Waals surface area contributed by atoms with Crippen LogP contribution in [0.2, 0.25) is 0 Å². The van der Waals surface area contributed by atoms with E-state index >= 15 is 0 Å². The molecule has 1 aliphatic rings. The van der Waals surface area contributed by atoms with Crippen molar-refractivity contribution in [2.75, 3.05) is 13.2 Å². The first-order valence-electron chi connectivity index (χ1n) is 8.97. The minimum absolute atomic E-state index is 0.198. The SMILES string of the molecule is CCCc1nnc2c(=O)n(Cc3cccc(F)c3)cc([C@H]3CCOC3)n12. The van der Waals surface area contributed by atoms with Gasteiger partial charge in [0.05, 0.1) is 13.2 Å². The molecule has 0 saturated carbocycles. The van der Waals surface area contributed by atoms with E-state index in [1.54, 1.807) is 10.6 Å². The Morgan fingerprint density at radius 3 is 2.96 bits per heavy atom. The van der Waals surface area contributed by atoms with E-state index in [4.69, 9.17) is 4.74 Å². The van der Waals surface area contributed by atoms with Gasteiger partial charge in [0.1, 0.15) is 11.6 Å². The maximum atomic E-state index is 13.5. The normalized spacial score (nSPS) is 17.2. The van der Waals surface area contributed by atoms with E-state index in [1.807, 2.05) is 16.7 Å². The highest BCUT2D eigenvalue weighted by Gasteiger charge is 2.24. The van der Waals surface area contributed by atoms with Crippen LogP contribution in [-0.2, 0) is 17.7 Å². The third-order valence-corrected chi connectivity index (χ3v) is 4.79. The molecule has 1 fully saturated rings. The van der Waals surface area contributed by atoms with Crippen LogP contribution in [0.25, 0.3) is 5.65 Å². The second-order valence-electron chi connectivity index (χ2n) is 6.70. The van der Waals surface area contributed by atoms with Crippen LogP contribution in [-0.4, -0.2) is 32.4 Å². The number of nitrogens with zero attached hydrogens (tertiary/aromatic N) is 4. The number of benzene rings is 1. The lowest BCUT2D eigenvalue weighted by Gasteiger charge is -2.16. The number of ether oxygens (including phenoxy) is 1. The van der Waals surface area contributed by atoms with Crippen LogP contribution in [0.15, 0.2) is 35.3 Å². The average Bonchev–Trinajstić information content (AvgIpc) is 3.28. The second-order valence-corrected chi connectivity index (χ2v) is 6.70. The summed E-state index contributed by atoms with van der Waals surface area (Å²) in [6.07, 6.45) is 4.45. The van der Waals surface area contributed by atoms with E-state index in [0.717, 1.165) is 36.3 Å². The summed E-state index contributed by atoms with van der Waals surface area (Å²) in [4.78, 5) is 12.9. The van der Waals surface area contributed by atoms with Crippen LogP contribution < -0.4 is 5.56 Å². The largest absolute Gasteiger partial charge is 0.381 e. The highest BCUT2D eigenvalue weighted by atomic mass is 19.1. The Labute approximate surface area is 150 Å². The second kappa shape index (κ2) is 6.99. The molecule has 26 heavy (non-hydrogen) atoms. The topological polar surface area (TPSA) is 61.4 Å². The molecule has 0 bridgehead atoms. The first kappa shape index (κ1) is 16.9. The average molecular weight is 356 g/mol. The van der Waals surface area contributed by atoms with Crippen LogP contribution in [0.4, 0.5) is 4.39 Å². The van der Waals surface area contributed by atoms with Gasteiger partial charge in [-0.25, -0.2) is 4.39 Å². The number of aryl methyl sites for hydroxylation is 1. The molecular weight excluding hydrogens is 335 g/mol. The Balaban J connectivity index is 1.86. The smallest absolute Gasteiger partial charge is 0.296 e. The molecule has 0 aliphatic carbocycles. The van der Waals surface area contributed by atoms with Crippen molar-refractivity contribution in [2.24, 2.45) is 0 Å². The zero-order chi connectivity index (χ0) is 18.1. The van der Waals surface area contributed by atoms with Gasteiger partial charge in [-0.1, -0.05) is 19.1 Å². The van der Waals surface area contributed by atoms with Gasteiger partial charge in [0.15, 0.2) is 0 Å². The molecule has 0 amide bonds. The Hall–Kier alpha value is -2.54. The van der Waals surface area contributed by atoms with Crippen molar-refractivity contribution >= 4 is 5.65 Å². The third kappa shape index (κ3) is 3.03. The molecule has 6 nitrogen and oxygen atoms in total. The summed E-state index contributed by atoms with van der Waals surface area (Å²) in [5.41, 5.74) is 1.83. The summed E-state index contributed by atoms with van der Waals surface area (Å²) < 4.78 is 22.6. The van der Waals surface area contributed by atoms with E-state index in [-0.39, 0.29) is 17.3 Å². The molecule has 1 atom stereocenters. The number of hydrogen-bond acceptors (Lipinski definition) is 4. The highest BCUT2D eigenvalue weighted by Crippen LogP contribution is 2.26. The number of fused-ring (bicyclic) bond motifs is 1. The minimum atomic E-state index is -0.311. The Morgan fingerprint density at radius 2 is 2.23 bits per heavy atom. The molecule has 0 unspecified atom stereocenters. The van der Waals surface area contributed by atoms with Crippen molar-refractivity contribution in [3.05, 3.63) is 63.7 Å². The van der Waals surface area contributed by atoms with Crippen LogP contribution in [0.3, 0.4) is 0 Å². The van der Waals surface area contributed by atoms with Gasteiger partial charge in [-0.15, -0.1) is 10.2 Å². The number of halogens is 1. The van der Waals surface area contributed by atoms with E-state index in [1.165, 1.54) is 12.1 Å². The van der Waals surface area contributed by atoms with Gasteiger partial charge in [0.2, 0.25) is 5.65 Å². The molecule has 1 aromatic carbocycles. The summed E-state index contributed by atoms with van der Waals surface area (Å²) in [5, 5.41) is 8.39. The van der Waals surface area contributed by atoms with E-state index in [9.17, 15) is 9.18 Å². The lowest BCUT2D eigenvalue weighted by atomic mass is 10.0. The zero-order valence-electron chi connectivity index (χ0n) is 14.7. The quantitative estimate of drug-likeness (QED) is 0.705. The van der Waals surface area contributed by atoms with Gasteiger partial charge < -0.3 is 9.30 Å². The third-order valence-electron chi connectivity index (χ3n) is 4.79. The molecule has 136 valence electrons. The van der Waals surface area contributed by atoms with Gasteiger partial charge in [0, 0.05) is 30.8 Å². The maximum absolute atomic E-state index is 13.5. The Morgan fingerprint density at radius 1 is 1.35 bits per heavy atom. The van der Waals surface area contributed by atoms with Crippen molar-refractivity contribution in [1.82, 2.24) is 19.2 Å². The molecule has 7 heteroatoms. The van der Waals surface area contributed by atoms with E-state index in [2.05, 4.69) is 17.1 Å². The first-order valence-corrected chi connectivity index (χ1v) is 8.97. The summed E-state index contributed by atoms with van der Waals surface area (Å²) >= 11 is 0. The predicted molar refractivity (Wildman–Crippen MR) is 94.9 cm³/mol. The van der Waals surface area contributed by atoms with E-state index < -0.39 is 0 Å². The number of rotatable bonds is 5. The molecule has 1 saturated heterocycles. The molecule has 4 rings (SSSR count). The highest BCUT2D eigenvalue weighted by molar-refractivity contribution is 5.39. The molecule has 2 aromatic heterocycles. The molecule has 0 spiro atoms. The van der Waals surface area contributed by atoms with Crippen molar-refractivity contribution in [1.29, 1.82) is 0 Å². The standard InChI is InChI=1S/C19H21FN4O2/c1-2-4-17-21-22-18-19(25)23(10-13-5-3-6-15(20)9-13)11-16(24(17)18)14-7-8-26-12-14/h3,5-6,9,11,14H,2,4,7-8,10,12H2,1H3/t14-/m0/s1. The minimum Gasteiger partial charge on any atom is -0.381 e. The molecule has 0 radical (unpaired) electrons. The lowest BCUT2D eigenvalue weighted by Crippen LogP contribution is -2.26. The summed E-state index contributed by atoms with van der Waals surface area (Å²) in [6, 6.07) is 6.30. The molecule has 0 N–H and O–H groups in total. The summed E-state index contributed by atoms with van der Waals surface area (Å²) in [6.45, 7) is 3.70. The maximum Gasteiger partial charge on any atom is 0.296 e. The van der Waals surface area contributed by atoms with Crippen LogP contribution in [0, 0.1) is 5.82 Å². The zero-order valence-corrected chi connectivity index (χ0v) is 14.7. The van der Waals surface area contributed by atoms with Crippen molar-refractivity contribution < 1.29 is 9.13 Å². The van der Waals surface area contributed by atoms with Crippen molar-refractivity contribution in [3.63, 3.8) is 0 Å². The molecule has 1 aliphatic heterocycles. The van der Waals surface area contributed by atoms with Crippen molar-refractivity contribution in [3.8, 4) is 0 Å². The predicted octanol–water partition coefficient (Wildman–Crippen LogP) is 2.53. The first-order chi connectivity index (χ1) is 12.7. The van der Waals surface area contributed by atoms with Gasteiger partial charge in [0.25, 0.3) is 5.56 Å². The van der Waals surface area contributed by atoms with Crippen LogP contribution in [0.5, 0.6) is 0 Å². The molecule has 3 heterocycles. The monoisotopic (exact) mass is 356 g/mol. The van der Waals surface area contributed by atoms with Gasteiger partial charge in [-0.2, -0.15) is 0 Å². The number of hydrogen-bond donors (Lipinski definition) is 0. The molecule has 3 aromatic rings. The molecular formula is C19H21FN4O2. The Kier molecular flexibility index (Phi) is 4.55. The Bertz CT molecular complexity index is 989. The fourth-order valence-corrected chi connectivity index (χ4v) is 3.52. The lowest BCUT2D eigenvalue weighted by molar-refractivity contribution is 0.193. The van der Waals surface area contributed by atoms with Crippen LogP contribution >= 0.6 is 0 Å². The fraction of sp³-hybridized carbons (Fsp3) is 0.421. The number of aromatic nitrogens is 4. The van der Waals surface area contributed by atoms with Crippen molar-refractivity contribution in [2.45, 2.75) is 38.6 Å². The fourth-order valence-electron chi connectivity index (χ4n) is 3.52. The van der Waals surface area contributed by atoms with E-state index in [0.29, 0.717) is 25.4 Å².